The summed E-state index contributed by atoms with van der Waals surface area (Å²) >= 11 is 0. The SMILES string of the molecule is CN=C(NCCc1cc(C)ccc1OC)NCC(=O)N1CCc2ccccc21.I. The summed E-state index contributed by atoms with van der Waals surface area (Å²) in [5.41, 5.74) is 4.60. The average molecular weight is 508 g/mol. The van der Waals surface area contributed by atoms with Gasteiger partial charge < -0.3 is 20.3 Å². The summed E-state index contributed by atoms with van der Waals surface area (Å²) in [6.07, 6.45) is 1.71. The Balaban J connectivity index is 0.00000300. The summed E-state index contributed by atoms with van der Waals surface area (Å²) in [5.74, 6) is 1.55. The number of amides is 1. The molecule has 1 amide bonds. The standard InChI is InChI=1S/C22H28N4O2.HI/c1-16-8-9-20(28-3)18(14-16)10-12-24-22(23-2)25-15-21(27)26-13-11-17-6-4-5-7-19(17)26;/h4-9,14H,10-13,15H2,1-3H3,(H2,23,24,25);1H. The third-order valence-corrected chi connectivity index (χ3v) is 4.94. The molecule has 7 heteroatoms. The number of anilines is 1. The number of carbonyl (C=O) groups excluding carboxylic acids is 1. The molecular weight excluding hydrogens is 479 g/mol. The number of guanidine groups is 1. The van der Waals surface area contributed by atoms with Gasteiger partial charge in [-0.2, -0.15) is 0 Å². The molecule has 1 heterocycles. The van der Waals surface area contributed by atoms with Crippen molar-refractivity contribution in [3.05, 3.63) is 59.2 Å². The lowest BCUT2D eigenvalue weighted by molar-refractivity contribution is -0.117. The van der Waals surface area contributed by atoms with Crippen molar-refractivity contribution in [3.63, 3.8) is 0 Å². The molecule has 0 aliphatic carbocycles. The van der Waals surface area contributed by atoms with Gasteiger partial charge in [-0.1, -0.05) is 35.9 Å². The summed E-state index contributed by atoms with van der Waals surface area (Å²) in [7, 11) is 3.39. The van der Waals surface area contributed by atoms with Gasteiger partial charge in [0.25, 0.3) is 0 Å². The third-order valence-electron chi connectivity index (χ3n) is 4.94. The van der Waals surface area contributed by atoms with E-state index in [1.165, 1.54) is 11.1 Å². The minimum Gasteiger partial charge on any atom is -0.496 e. The molecule has 0 atom stereocenters. The van der Waals surface area contributed by atoms with Crippen molar-refractivity contribution in [2.24, 2.45) is 4.99 Å². The first-order chi connectivity index (χ1) is 13.6. The fourth-order valence-corrected chi connectivity index (χ4v) is 3.49. The van der Waals surface area contributed by atoms with E-state index in [9.17, 15) is 4.79 Å². The predicted molar refractivity (Wildman–Crippen MR) is 129 cm³/mol. The Bertz CT molecular complexity index is 870. The Hall–Kier alpha value is -2.29. The second-order valence-corrected chi connectivity index (χ2v) is 6.84. The van der Waals surface area contributed by atoms with E-state index < -0.39 is 0 Å². The number of hydrogen-bond acceptors (Lipinski definition) is 3. The van der Waals surface area contributed by atoms with E-state index in [1.54, 1.807) is 14.2 Å². The largest absolute Gasteiger partial charge is 0.496 e. The number of hydrogen-bond donors (Lipinski definition) is 2. The van der Waals surface area contributed by atoms with E-state index in [2.05, 4.69) is 34.7 Å². The molecule has 156 valence electrons. The van der Waals surface area contributed by atoms with Gasteiger partial charge in [0, 0.05) is 25.8 Å². The number of nitrogens with zero attached hydrogens (tertiary/aromatic N) is 2. The average Bonchev–Trinajstić information content (AvgIpc) is 3.14. The van der Waals surface area contributed by atoms with Crippen LogP contribution in [0.25, 0.3) is 0 Å². The van der Waals surface area contributed by atoms with Crippen molar-refractivity contribution < 1.29 is 9.53 Å². The first-order valence-corrected chi connectivity index (χ1v) is 9.58. The van der Waals surface area contributed by atoms with Gasteiger partial charge in [0.15, 0.2) is 5.96 Å². The summed E-state index contributed by atoms with van der Waals surface area (Å²) in [6, 6.07) is 14.2. The second-order valence-electron chi connectivity index (χ2n) is 6.84. The normalized spacial score (nSPS) is 12.8. The van der Waals surface area contributed by atoms with Crippen molar-refractivity contribution in [3.8, 4) is 5.75 Å². The first kappa shape index (κ1) is 23.0. The lowest BCUT2D eigenvalue weighted by atomic mass is 10.1. The van der Waals surface area contributed by atoms with Crippen LogP contribution in [0, 0.1) is 6.92 Å². The van der Waals surface area contributed by atoms with Crippen LogP contribution in [-0.2, 0) is 17.6 Å². The zero-order valence-electron chi connectivity index (χ0n) is 17.2. The quantitative estimate of drug-likeness (QED) is 0.358. The molecule has 0 fully saturated rings. The molecule has 2 aromatic carbocycles. The molecule has 0 saturated carbocycles. The Kier molecular flexibility index (Phi) is 8.75. The highest BCUT2D eigenvalue weighted by molar-refractivity contribution is 14.0. The number of aryl methyl sites for hydroxylation is 1. The van der Waals surface area contributed by atoms with Crippen molar-refractivity contribution >= 4 is 41.5 Å². The molecule has 1 aliphatic heterocycles. The van der Waals surface area contributed by atoms with E-state index in [0.29, 0.717) is 12.5 Å². The molecule has 29 heavy (non-hydrogen) atoms. The fraction of sp³-hybridized carbons (Fsp3) is 0.364. The van der Waals surface area contributed by atoms with Gasteiger partial charge in [-0.3, -0.25) is 9.79 Å². The third kappa shape index (κ3) is 5.85. The van der Waals surface area contributed by atoms with Gasteiger partial charge >= 0.3 is 0 Å². The predicted octanol–water partition coefficient (Wildman–Crippen LogP) is 2.92. The molecule has 0 spiro atoms. The monoisotopic (exact) mass is 508 g/mol. The van der Waals surface area contributed by atoms with E-state index in [1.807, 2.05) is 35.2 Å². The Labute approximate surface area is 189 Å². The van der Waals surface area contributed by atoms with Crippen LogP contribution in [0.1, 0.15) is 16.7 Å². The number of benzene rings is 2. The summed E-state index contributed by atoms with van der Waals surface area (Å²) in [4.78, 5) is 18.7. The molecule has 0 aromatic heterocycles. The van der Waals surface area contributed by atoms with Crippen LogP contribution < -0.4 is 20.3 Å². The molecule has 0 radical (unpaired) electrons. The highest BCUT2D eigenvalue weighted by Gasteiger charge is 2.23. The lowest BCUT2D eigenvalue weighted by Gasteiger charge is -2.19. The van der Waals surface area contributed by atoms with Crippen molar-refractivity contribution in [1.82, 2.24) is 10.6 Å². The molecule has 1 aliphatic rings. The number of nitrogens with one attached hydrogen (secondary N) is 2. The van der Waals surface area contributed by atoms with Gasteiger partial charge in [0.2, 0.25) is 5.91 Å². The number of para-hydroxylation sites is 1. The number of carbonyl (C=O) groups is 1. The number of ether oxygens (including phenoxy) is 1. The zero-order valence-corrected chi connectivity index (χ0v) is 19.5. The molecule has 3 rings (SSSR count). The Morgan fingerprint density at radius 1 is 1.21 bits per heavy atom. The van der Waals surface area contributed by atoms with E-state index in [4.69, 9.17) is 4.74 Å². The molecule has 0 unspecified atom stereocenters. The lowest BCUT2D eigenvalue weighted by Crippen LogP contribution is -2.44. The molecule has 0 saturated heterocycles. The fourth-order valence-electron chi connectivity index (χ4n) is 3.49. The van der Waals surface area contributed by atoms with E-state index >= 15 is 0 Å². The second kappa shape index (κ2) is 11.0. The summed E-state index contributed by atoms with van der Waals surface area (Å²) in [5, 5.41) is 6.39. The summed E-state index contributed by atoms with van der Waals surface area (Å²) in [6.45, 7) is 3.71. The smallest absolute Gasteiger partial charge is 0.246 e. The van der Waals surface area contributed by atoms with Gasteiger partial charge in [0.1, 0.15) is 5.75 Å². The Morgan fingerprint density at radius 2 is 2.00 bits per heavy atom. The number of fused-ring (bicyclic) bond motifs is 1. The molecule has 2 N–H and O–H groups in total. The molecular formula is C22H29IN4O2. The number of aliphatic imine (C=N–C) groups is 1. The highest BCUT2D eigenvalue weighted by atomic mass is 127. The topological polar surface area (TPSA) is 66.0 Å². The van der Waals surface area contributed by atoms with Gasteiger partial charge in [-0.05, 0) is 43.0 Å². The van der Waals surface area contributed by atoms with Crippen LogP contribution in [0.3, 0.4) is 0 Å². The van der Waals surface area contributed by atoms with Crippen LogP contribution in [0.2, 0.25) is 0 Å². The summed E-state index contributed by atoms with van der Waals surface area (Å²) < 4.78 is 5.42. The van der Waals surface area contributed by atoms with Gasteiger partial charge in [-0.25, -0.2) is 0 Å². The molecule has 0 bridgehead atoms. The van der Waals surface area contributed by atoms with Crippen LogP contribution >= 0.6 is 24.0 Å². The Morgan fingerprint density at radius 3 is 2.76 bits per heavy atom. The van der Waals surface area contributed by atoms with E-state index in [-0.39, 0.29) is 36.4 Å². The maximum Gasteiger partial charge on any atom is 0.246 e. The van der Waals surface area contributed by atoms with Gasteiger partial charge in [0.05, 0.1) is 13.7 Å². The zero-order chi connectivity index (χ0) is 19.9. The van der Waals surface area contributed by atoms with Crippen LogP contribution in [0.15, 0.2) is 47.5 Å². The van der Waals surface area contributed by atoms with E-state index in [0.717, 1.165) is 36.4 Å². The van der Waals surface area contributed by atoms with Gasteiger partial charge in [-0.15, -0.1) is 24.0 Å². The number of halogens is 1. The maximum atomic E-state index is 12.6. The minimum atomic E-state index is 0. The van der Waals surface area contributed by atoms with Crippen molar-refractivity contribution in [2.75, 3.05) is 38.7 Å². The maximum absolute atomic E-state index is 12.6. The number of rotatable bonds is 6. The van der Waals surface area contributed by atoms with Crippen LogP contribution in [0.4, 0.5) is 5.69 Å². The first-order valence-electron chi connectivity index (χ1n) is 9.58. The molecule has 6 nitrogen and oxygen atoms in total. The van der Waals surface area contributed by atoms with Crippen molar-refractivity contribution in [2.45, 2.75) is 19.8 Å². The molecule has 2 aromatic rings. The van der Waals surface area contributed by atoms with Crippen LogP contribution in [0.5, 0.6) is 5.75 Å². The van der Waals surface area contributed by atoms with Crippen LogP contribution in [-0.4, -0.2) is 45.7 Å². The minimum absolute atomic E-state index is 0. The highest BCUT2D eigenvalue weighted by Crippen LogP contribution is 2.27. The number of methoxy groups -OCH3 is 1. The van der Waals surface area contributed by atoms with Crippen molar-refractivity contribution in [1.29, 1.82) is 0 Å².